The lowest BCUT2D eigenvalue weighted by molar-refractivity contribution is 0.115. The van der Waals surface area contributed by atoms with Crippen molar-refractivity contribution >= 4 is 5.96 Å². The molecule has 1 saturated carbocycles. The number of rotatable bonds is 10. The zero-order valence-corrected chi connectivity index (χ0v) is 14.3. The summed E-state index contributed by atoms with van der Waals surface area (Å²) in [7, 11) is 2.04. The molecule has 1 N–H and O–H groups in total. The molecule has 1 fully saturated rings. The maximum atomic E-state index is 5.69. The lowest BCUT2D eigenvalue weighted by Crippen LogP contribution is -2.40. The van der Waals surface area contributed by atoms with Gasteiger partial charge in [0.05, 0.1) is 13.2 Å². The van der Waals surface area contributed by atoms with Crippen LogP contribution >= 0.6 is 0 Å². The molecule has 0 aliphatic heterocycles. The predicted octanol–water partition coefficient (Wildman–Crippen LogP) is 2.39. The van der Waals surface area contributed by atoms with Crippen molar-refractivity contribution in [1.82, 2.24) is 10.2 Å². The van der Waals surface area contributed by atoms with Crippen molar-refractivity contribution < 1.29 is 9.47 Å². The largest absolute Gasteiger partial charge is 0.492 e. The second-order valence-electron chi connectivity index (χ2n) is 5.84. The molecule has 5 nitrogen and oxygen atoms in total. The molecule has 0 bridgehead atoms. The fraction of sp³-hybridized carbons (Fsp3) is 0.611. The van der Waals surface area contributed by atoms with Crippen LogP contribution in [0.2, 0.25) is 0 Å². The number of nitrogens with one attached hydrogen (secondary N) is 1. The minimum absolute atomic E-state index is 0.574. The summed E-state index contributed by atoms with van der Waals surface area (Å²) >= 11 is 0. The third kappa shape index (κ3) is 7.37. The Bertz CT molecular complexity index is 461. The highest BCUT2D eigenvalue weighted by Crippen LogP contribution is 2.28. The van der Waals surface area contributed by atoms with Gasteiger partial charge in [0, 0.05) is 26.7 Å². The fourth-order valence-electron chi connectivity index (χ4n) is 2.14. The summed E-state index contributed by atoms with van der Waals surface area (Å²) in [6.07, 6.45) is 2.67. The lowest BCUT2D eigenvalue weighted by atomic mass is 10.3. The number of benzene rings is 1. The van der Waals surface area contributed by atoms with Crippen molar-refractivity contribution in [1.29, 1.82) is 0 Å². The normalized spacial score (nSPS) is 14.6. The fourth-order valence-corrected chi connectivity index (χ4v) is 2.14. The van der Waals surface area contributed by atoms with E-state index in [1.165, 1.54) is 12.8 Å². The highest BCUT2D eigenvalue weighted by Gasteiger charge is 2.21. The number of nitrogens with zero attached hydrogens (tertiary/aromatic N) is 2. The highest BCUT2D eigenvalue weighted by atomic mass is 16.5. The predicted molar refractivity (Wildman–Crippen MR) is 94.1 cm³/mol. The summed E-state index contributed by atoms with van der Waals surface area (Å²) in [5, 5.41) is 3.31. The Hall–Kier alpha value is -1.75. The standard InChI is InChI=1S/C18H29N3O2/c1-3-19-18(21(2)12-14-22-15-16-9-10-16)20-11-13-23-17-7-5-4-6-8-17/h4-8,16H,3,9-15H2,1-2H3,(H,19,20). The molecule has 5 heteroatoms. The SMILES string of the molecule is CCNC(=NCCOc1ccccc1)N(C)CCOCC1CC1. The van der Waals surface area contributed by atoms with Crippen molar-refractivity contribution in [2.45, 2.75) is 19.8 Å². The molecule has 1 aromatic rings. The second-order valence-corrected chi connectivity index (χ2v) is 5.84. The van der Waals surface area contributed by atoms with Crippen molar-refractivity contribution in [3.8, 4) is 5.75 Å². The van der Waals surface area contributed by atoms with E-state index in [4.69, 9.17) is 9.47 Å². The Morgan fingerprint density at radius 1 is 1.26 bits per heavy atom. The average molecular weight is 319 g/mol. The summed E-state index contributed by atoms with van der Waals surface area (Å²) < 4.78 is 11.4. The van der Waals surface area contributed by atoms with E-state index < -0.39 is 0 Å². The molecule has 0 amide bonds. The van der Waals surface area contributed by atoms with Crippen LogP contribution in [0, 0.1) is 5.92 Å². The van der Waals surface area contributed by atoms with Crippen LogP contribution in [0.3, 0.4) is 0 Å². The van der Waals surface area contributed by atoms with E-state index in [9.17, 15) is 0 Å². The molecular weight excluding hydrogens is 290 g/mol. The highest BCUT2D eigenvalue weighted by molar-refractivity contribution is 5.79. The molecule has 2 rings (SSSR count). The van der Waals surface area contributed by atoms with Gasteiger partial charge >= 0.3 is 0 Å². The van der Waals surface area contributed by atoms with Gasteiger partial charge in [-0.25, -0.2) is 4.99 Å². The van der Waals surface area contributed by atoms with Crippen molar-refractivity contribution in [2.75, 3.05) is 46.5 Å². The van der Waals surface area contributed by atoms with Crippen LogP contribution in [0.25, 0.3) is 0 Å². The van der Waals surface area contributed by atoms with E-state index in [2.05, 4.69) is 22.1 Å². The van der Waals surface area contributed by atoms with Gasteiger partial charge in [0.1, 0.15) is 12.4 Å². The third-order valence-corrected chi connectivity index (χ3v) is 3.68. The van der Waals surface area contributed by atoms with Crippen molar-refractivity contribution in [3.05, 3.63) is 30.3 Å². The quantitative estimate of drug-likeness (QED) is 0.409. The number of likely N-dealkylation sites (N-methyl/N-ethyl adjacent to an activating group) is 1. The summed E-state index contributed by atoms with van der Waals surface area (Å²) in [6, 6.07) is 9.83. The lowest BCUT2D eigenvalue weighted by Gasteiger charge is -2.22. The van der Waals surface area contributed by atoms with Crippen LogP contribution in [-0.4, -0.2) is 57.4 Å². The van der Waals surface area contributed by atoms with Crippen LogP contribution in [0.1, 0.15) is 19.8 Å². The molecular formula is C18H29N3O2. The molecule has 0 atom stereocenters. The zero-order valence-electron chi connectivity index (χ0n) is 14.3. The number of ether oxygens (including phenoxy) is 2. The van der Waals surface area contributed by atoms with Crippen LogP contribution in [0.4, 0.5) is 0 Å². The monoisotopic (exact) mass is 319 g/mol. The van der Waals surface area contributed by atoms with E-state index >= 15 is 0 Å². The molecule has 23 heavy (non-hydrogen) atoms. The molecule has 0 saturated heterocycles. The molecule has 1 aliphatic carbocycles. The summed E-state index contributed by atoms with van der Waals surface area (Å²) in [4.78, 5) is 6.72. The maximum Gasteiger partial charge on any atom is 0.193 e. The smallest absolute Gasteiger partial charge is 0.193 e. The van der Waals surface area contributed by atoms with E-state index in [1.54, 1.807) is 0 Å². The third-order valence-electron chi connectivity index (χ3n) is 3.68. The molecule has 0 unspecified atom stereocenters. The van der Waals surface area contributed by atoms with Gasteiger partial charge in [-0.3, -0.25) is 0 Å². The first kappa shape index (κ1) is 17.6. The molecule has 1 aromatic carbocycles. The molecule has 1 aliphatic rings. The maximum absolute atomic E-state index is 5.69. The van der Waals surface area contributed by atoms with Crippen LogP contribution in [-0.2, 0) is 4.74 Å². The first-order valence-electron chi connectivity index (χ1n) is 8.54. The first-order chi connectivity index (χ1) is 11.3. The summed E-state index contributed by atoms with van der Waals surface area (Å²) in [5.74, 6) is 2.60. The van der Waals surface area contributed by atoms with Crippen LogP contribution in [0.5, 0.6) is 5.75 Å². The van der Waals surface area contributed by atoms with Gasteiger partial charge in [-0.2, -0.15) is 0 Å². The summed E-state index contributed by atoms with van der Waals surface area (Å²) in [6.45, 7) is 6.64. The zero-order chi connectivity index (χ0) is 16.3. The van der Waals surface area contributed by atoms with Crippen molar-refractivity contribution in [2.24, 2.45) is 10.9 Å². The molecule has 0 radical (unpaired) electrons. The minimum Gasteiger partial charge on any atom is -0.492 e. The Morgan fingerprint density at radius 3 is 2.74 bits per heavy atom. The van der Waals surface area contributed by atoms with Gasteiger partial charge in [-0.05, 0) is 37.8 Å². The number of para-hydroxylation sites is 1. The van der Waals surface area contributed by atoms with Gasteiger partial charge in [0.2, 0.25) is 0 Å². The number of aliphatic imine (C=N–C) groups is 1. The van der Waals surface area contributed by atoms with Gasteiger partial charge in [0.15, 0.2) is 5.96 Å². The van der Waals surface area contributed by atoms with Crippen LogP contribution < -0.4 is 10.1 Å². The van der Waals surface area contributed by atoms with Crippen LogP contribution in [0.15, 0.2) is 35.3 Å². The van der Waals surface area contributed by atoms with E-state index in [1.807, 2.05) is 37.4 Å². The summed E-state index contributed by atoms with van der Waals surface area (Å²) in [5.41, 5.74) is 0. The molecule has 0 heterocycles. The number of guanidine groups is 1. The average Bonchev–Trinajstić information content (AvgIpc) is 3.39. The molecule has 0 aromatic heterocycles. The van der Waals surface area contributed by atoms with E-state index in [0.29, 0.717) is 13.2 Å². The van der Waals surface area contributed by atoms with Gasteiger partial charge in [-0.15, -0.1) is 0 Å². The Balaban J connectivity index is 1.67. The van der Waals surface area contributed by atoms with Gasteiger partial charge in [0.25, 0.3) is 0 Å². The Morgan fingerprint density at radius 2 is 2.04 bits per heavy atom. The van der Waals surface area contributed by atoms with E-state index in [0.717, 1.165) is 43.9 Å². The Kier molecular flexibility index (Phi) is 7.73. The number of hydrogen-bond donors (Lipinski definition) is 1. The van der Waals surface area contributed by atoms with Gasteiger partial charge < -0.3 is 19.7 Å². The number of hydrogen-bond acceptors (Lipinski definition) is 3. The van der Waals surface area contributed by atoms with E-state index in [-0.39, 0.29) is 0 Å². The topological polar surface area (TPSA) is 46.1 Å². The molecule has 128 valence electrons. The van der Waals surface area contributed by atoms with Crippen molar-refractivity contribution in [3.63, 3.8) is 0 Å². The Labute approximate surface area is 139 Å². The minimum atomic E-state index is 0.574. The molecule has 0 spiro atoms. The first-order valence-corrected chi connectivity index (χ1v) is 8.54. The second kappa shape index (κ2) is 10.1. The van der Waals surface area contributed by atoms with Gasteiger partial charge in [-0.1, -0.05) is 18.2 Å².